The maximum absolute atomic E-state index is 13.9. The van der Waals surface area contributed by atoms with Crippen molar-refractivity contribution in [3.63, 3.8) is 0 Å². The minimum atomic E-state index is -4.04. The SMILES string of the molecule is Cc1cccc(N2CCN(C(=O)c3ccc4c(c3)N(Cc3cccc(Cl)c3)C(=O)c3ccccc3S4(=O)=O)CC2)c1C. The summed E-state index contributed by atoms with van der Waals surface area (Å²) in [5, 5.41) is 0.506. The summed E-state index contributed by atoms with van der Waals surface area (Å²) in [6.45, 7) is 6.71. The fourth-order valence-corrected chi connectivity index (χ4v) is 7.57. The summed E-state index contributed by atoms with van der Waals surface area (Å²) in [4.78, 5) is 33.1. The van der Waals surface area contributed by atoms with E-state index in [4.69, 9.17) is 11.6 Å². The molecule has 2 aliphatic rings. The Balaban J connectivity index is 1.35. The first-order valence-electron chi connectivity index (χ1n) is 13.8. The van der Waals surface area contributed by atoms with Crippen molar-refractivity contribution in [1.82, 2.24) is 4.90 Å². The van der Waals surface area contributed by atoms with Crippen LogP contribution in [0.1, 0.15) is 37.4 Å². The van der Waals surface area contributed by atoms with Crippen LogP contribution in [0.3, 0.4) is 0 Å². The molecule has 9 heteroatoms. The molecule has 2 heterocycles. The number of anilines is 2. The number of carbonyl (C=O) groups excluding carboxylic acids is 2. The molecule has 4 aromatic carbocycles. The fourth-order valence-electron chi connectivity index (χ4n) is 5.73. The first kappa shape index (κ1) is 28.0. The summed E-state index contributed by atoms with van der Waals surface area (Å²) >= 11 is 6.22. The number of fused-ring (bicyclic) bond motifs is 2. The Labute approximate surface area is 250 Å². The molecular formula is C33H30ClN3O4S. The van der Waals surface area contributed by atoms with E-state index in [2.05, 4.69) is 30.9 Å². The minimum absolute atomic E-state index is 0.0147. The predicted octanol–water partition coefficient (Wildman–Crippen LogP) is 5.91. The molecule has 6 rings (SSSR count). The molecule has 0 saturated carbocycles. The number of benzene rings is 4. The van der Waals surface area contributed by atoms with Crippen LogP contribution >= 0.6 is 11.6 Å². The monoisotopic (exact) mass is 599 g/mol. The maximum Gasteiger partial charge on any atom is 0.259 e. The largest absolute Gasteiger partial charge is 0.368 e. The fraction of sp³-hybridized carbons (Fsp3) is 0.212. The Morgan fingerprint density at radius 1 is 0.810 bits per heavy atom. The molecule has 7 nitrogen and oxygen atoms in total. The van der Waals surface area contributed by atoms with Gasteiger partial charge in [-0.3, -0.25) is 9.59 Å². The molecule has 1 saturated heterocycles. The summed E-state index contributed by atoms with van der Waals surface area (Å²) in [7, 11) is -4.04. The van der Waals surface area contributed by atoms with E-state index in [1.165, 1.54) is 39.9 Å². The minimum Gasteiger partial charge on any atom is -0.368 e. The highest BCUT2D eigenvalue weighted by Gasteiger charge is 2.36. The Morgan fingerprint density at radius 3 is 2.31 bits per heavy atom. The standard InChI is InChI=1S/C33H30ClN3O4S/c1-22-7-5-11-28(23(22)2)35-15-17-36(18-16-35)32(38)25-13-14-31-29(20-25)37(21-24-8-6-9-26(34)19-24)33(39)27-10-3-4-12-30(27)42(31,40)41/h3-14,19-20H,15-18,21H2,1-2H3. The van der Waals surface area contributed by atoms with Gasteiger partial charge in [-0.1, -0.05) is 48.0 Å². The van der Waals surface area contributed by atoms with Gasteiger partial charge in [-0.25, -0.2) is 8.42 Å². The van der Waals surface area contributed by atoms with E-state index in [0.717, 1.165) is 5.56 Å². The number of halogens is 1. The van der Waals surface area contributed by atoms with Crippen LogP contribution in [0.5, 0.6) is 0 Å². The Hall–Kier alpha value is -4.14. The third kappa shape index (κ3) is 4.95. The second kappa shape index (κ2) is 10.9. The zero-order chi connectivity index (χ0) is 29.6. The number of hydrogen-bond acceptors (Lipinski definition) is 5. The van der Waals surface area contributed by atoms with Gasteiger partial charge in [-0.2, -0.15) is 0 Å². The predicted molar refractivity (Wildman–Crippen MR) is 164 cm³/mol. The van der Waals surface area contributed by atoms with Crippen molar-refractivity contribution in [3.05, 3.63) is 118 Å². The van der Waals surface area contributed by atoms with E-state index in [9.17, 15) is 18.0 Å². The summed E-state index contributed by atoms with van der Waals surface area (Å²) in [6, 6.07) is 24.1. The zero-order valence-electron chi connectivity index (χ0n) is 23.4. The summed E-state index contributed by atoms with van der Waals surface area (Å²) in [5.41, 5.74) is 4.96. The van der Waals surface area contributed by atoms with E-state index < -0.39 is 15.7 Å². The third-order valence-corrected chi connectivity index (χ3v) is 10.2. The van der Waals surface area contributed by atoms with Crippen molar-refractivity contribution in [3.8, 4) is 0 Å². The molecule has 0 bridgehead atoms. The van der Waals surface area contributed by atoms with Crippen molar-refractivity contribution >= 4 is 44.6 Å². The molecule has 4 aromatic rings. The van der Waals surface area contributed by atoms with Crippen LogP contribution in [0.15, 0.2) is 94.7 Å². The second-order valence-corrected chi connectivity index (χ2v) is 13.0. The average molecular weight is 600 g/mol. The Morgan fingerprint density at radius 2 is 1.55 bits per heavy atom. The highest BCUT2D eigenvalue weighted by Crippen LogP contribution is 2.38. The molecule has 0 spiro atoms. The molecular weight excluding hydrogens is 570 g/mol. The zero-order valence-corrected chi connectivity index (χ0v) is 25.0. The normalized spacial score (nSPS) is 16.1. The van der Waals surface area contributed by atoms with Gasteiger partial charge in [-0.15, -0.1) is 0 Å². The number of nitrogens with zero attached hydrogens (tertiary/aromatic N) is 3. The van der Waals surface area contributed by atoms with Gasteiger partial charge in [0.25, 0.3) is 11.8 Å². The van der Waals surface area contributed by atoms with Crippen LogP contribution in [-0.2, 0) is 16.4 Å². The van der Waals surface area contributed by atoms with Crippen molar-refractivity contribution in [2.75, 3.05) is 36.0 Å². The number of carbonyl (C=O) groups is 2. The molecule has 1 fully saturated rings. The van der Waals surface area contributed by atoms with Crippen LogP contribution < -0.4 is 9.80 Å². The van der Waals surface area contributed by atoms with Crippen LogP contribution in [-0.4, -0.2) is 51.3 Å². The van der Waals surface area contributed by atoms with E-state index in [1.54, 1.807) is 47.4 Å². The molecule has 0 atom stereocenters. The Kier molecular flexibility index (Phi) is 7.29. The van der Waals surface area contributed by atoms with Gasteiger partial charge < -0.3 is 14.7 Å². The van der Waals surface area contributed by atoms with Gasteiger partial charge in [-0.05, 0) is 79.1 Å². The van der Waals surface area contributed by atoms with E-state index in [-0.39, 0.29) is 33.5 Å². The van der Waals surface area contributed by atoms with Crippen molar-refractivity contribution in [2.24, 2.45) is 0 Å². The number of amides is 2. The average Bonchev–Trinajstić information content (AvgIpc) is 3.06. The van der Waals surface area contributed by atoms with Crippen LogP contribution in [0.2, 0.25) is 5.02 Å². The lowest BCUT2D eigenvalue weighted by Crippen LogP contribution is -2.49. The van der Waals surface area contributed by atoms with Gasteiger partial charge in [0.05, 0.1) is 27.6 Å². The first-order valence-corrected chi connectivity index (χ1v) is 15.7. The highest BCUT2D eigenvalue weighted by molar-refractivity contribution is 7.91. The van der Waals surface area contributed by atoms with Gasteiger partial charge in [0.1, 0.15) is 0 Å². The second-order valence-electron chi connectivity index (χ2n) is 10.7. The number of piperazine rings is 1. The van der Waals surface area contributed by atoms with E-state index in [1.807, 2.05) is 12.1 Å². The molecule has 0 N–H and O–H groups in total. The van der Waals surface area contributed by atoms with Crippen molar-refractivity contribution in [2.45, 2.75) is 30.2 Å². The summed E-state index contributed by atoms with van der Waals surface area (Å²) in [5.74, 6) is -0.660. The number of rotatable bonds is 4. The van der Waals surface area contributed by atoms with Gasteiger partial charge in [0, 0.05) is 42.5 Å². The molecule has 0 aliphatic carbocycles. The summed E-state index contributed by atoms with van der Waals surface area (Å²) < 4.78 is 27.6. The lowest BCUT2D eigenvalue weighted by molar-refractivity contribution is 0.0746. The molecule has 0 aromatic heterocycles. The van der Waals surface area contributed by atoms with Gasteiger partial charge in [0.15, 0.2) is 0 Å². The van der Waals surface area contributed by atoms with Crippen LogP contribution in [0.25, 0.3) is 0 Å². The topological polar surface area (TPSA) is 78.0 Å². The molecule has 42 heavy (non-hydrogen) atoms. The molecule has 214 valence electrons. The van der Waals surface area contributed by atoms with Crippen LogP contribution in [0, 0.1) is 13.8 Å². The highest BCUT2D eigenvalue weighted by atomic mass is 35.5. The number of hydrogen-bond donors (Lipinski definition) is 0. The molecule has 0 radical (unpaired) electrons. The van der Waals surface area contributed by atoms with Gasteiger partial charge in [0.2, 0.25) is 9.84 Å². The Bertz CT molecular complexity index is 1830. The third-order valence-electron chi connectivity index (χ3n) is 8.15. The van der Waals surface area contributed by atoms with Crippen molar-refractivity contribution in [1.29, 1.82) is 0 Å². The van der Waals surface area contributed by atoms with Gasteiger partial charge >= 0.3 is 0 Å². The molecule has 2 amide bonds. The van der Waals surface area contributed by atoms with Crippen LogP contribution in [0.4, 0.5) is 11.4 Å². The lowest BCUT2D eigenvalue weighted by atomic mass is 10.1. The smallest absolute Gasteiger partial charge is 0.259 e. The van der Waals surface area contributed by atoms with Crippen molar-refractivity contribution < 1.29 is 18.0 Å². The summed E-state index contributed by atoms with van der Waals surface area (Å²) in [6.07, 6.45) is 0. The van der Waals surface area contributed by atoms with E-state index >= 15 is 0 Å². The molecule has 2 aliphatic heterocycles. The number of aryl methyl sites for hydroxylation is 1. The first-order chi connectivity index (χ1) is 20.1. The lowest BCUT2D eigenvalue weighted by Gasteiger charge is -2.37. The quantitative estimate of drug-likeness (QED) is 0.291. The molecule has 0 unspecified atom stereocenters. The number of sulfone groups is 1. The van der Waals surface area contributed by atoms with E-state index in [0.29, 0.717) is 36.8 Å². The maximum atomic E-state index is 13.9.